The summed E-state index contributed by atoms with van der Waals surface area (Å²) < 4.78 is 0. The van der Waals surface area contributed by atoms with Crippen molar-refractivity contribution in [2.75, 3.05) is 23.0 Å². The predicted octanol–water partition coefficient (Wildman–Crippen LogP) is 0.495. The van der Waals surface area contributed by atoms with E-state index in [9.17, 15) is 14.7 Å². The van der Waals surface area contributed by atoms with Gasteiger partial charge in [0.25, 0.3) is 5.91 Å². The van der Waals surface area contributed by atoms with Crippen molar-refractivity contribution < 1.29 is 14.7 Å². The quantitative estimate of drug-likeness (QED) is 0.837. The first-order chi connectivity index (χ1) is 9.02. The summed E-state index contributed by atoms with van der Waals surface area (Å²) in [4.78, 5) is 28.7. The van der Waals surface area contributed by atoms with Crippen LogP contribution in [0.2, 0.25) is 0 Å². The SMILES string of the molecule is Cc1ccnc(N2CCSCC2C(=O)O)c1C(N)=O. The normalized spacial score (nSPS) is 19.2. The van der Waals surface area contributed by atoms with Crippen LogP contribution < -0.4 is 10.6 Å². The van der Waals surface area contributed by atoms with Gasteiger partial charge in [-0.05, 0) is 18.6 Å². The Morgan fingerprint density at radius 2 is 2.32 bits per heavy atom. The van der Waals surface area contributed by atoms with Crippen LogP contribution in [0.3, 0.4) is 0 Å². The Morgan fingerprint density at radius 3 is 2.95 bits per heavy atom. The summed E-state index contributed by atoms with van der Waals surface area (Å²) in [5.74, 6) is 0.162. The second-order valence-electron chi connectivity index (χ2n) is 4.31. The molecule has 3 N–H and O–H groups in total. The molecule has 1 fully saturated rings. The van der Waals surface area contributed by atoms with E-state index in [1.807, 2.05) is 0 Å². The van der Waals surface area contributed by atoms with Crippen molar-refractivity contribution in [2.24, 2.45) is 5.73 Å². The zero-order valence-electron chi connectivity index (χ0n) is 10.5. The molecule has 1 aliphatic rings. The minimum absolute atomic E-state index is 0.306. The molecule has 1 saturated heterocycles. The number of anilines is 1. The highest BCUT2D eigenvalue weighted by molar-refractivity contribution is 7.99. The zero-order valence-corrected chi connectivity index (χ0v) is 11.3. The molecular weight excluding hydrogens is 266 g/mol. The molecule has 0 saturated carbocycles. The van der Waals surface area contributed by atoms with Gasteiger partial charge in [0.2, 0.25) is 0 Å². The lowest BCUT2D eigenvalue weighted by molar-refractivity contribution is -0.138. The van der Waals surface area contributed by atoms with Crippen LogP contribution in [-0.4, -0.2) is 46.1 Å². The fraction of sp³-hybridized carbons (Fsp3) is 0.417. The number of hydrogen-bond acceptors (Lipinski definition) is 5. The number of hydrogen-bond donors (Lipinski definition) is 2. The van der Waals surface area contributed by atoms with Crippen LogP contribution in [0.5, 0.6) is 0 Å². The highest BCUT2D eigenvalue weighted by atomic mass is 32.2. The van der Waals surface area contributed by atoms with Crippen LogP contribution >= 0.6 is 11.8 Å². The standard InChI is InChI=1S/C12H15N3O3S/c1-7-2-3-14-11(9(7)10(13)16)15-4-5-19-6-8(15)12(17)18/h2-3,8H,4-6H2,1H3,(H2,13,16)(H,17,18). The summed E-state index contributed by atoms with van der Waals surface area (Å²) in [6.45, 7) is 2.30. The van der Waals surface area contributed by atoms with E-state index in [1.165, 1.54) is 0 Å². The lowest BCUT2D eigenvalue weighted by Crippen LogP contribution is -2.48. The molecule has 1 unspecified atom stereocenters. The summed E-state index contributed by atoms with van der Waals surface area (Å²) in [6.07, 6.45) is 1.57. The van der Waals surface area contributed by atoms with E-state index in [0.717, 1.165) is 5.75 Å². The largest absolute Gasteiger partial charge is 0.480 e. The number of thioether (sulfide) groups is 1. The molecule has 0 aromatic carbocycles. The minimum atomic E-state index is -0.911. The fourth-order valence-corrected chi connectivity index (χ4v) is 3.17. The van der Waals surface area contributed by atoms with E-state index in [1.54, 1.807) is 35.8 Å². The number of nitrogens with zero attached hydrogens (tertiary/aromatic N) is 2. The van der Waals surface area contributed by atoms with Crippen LogP contribution in [0, 0.1) is 6.92 Å². The number of carboxylic acid groups (broad SMARTS) is 1. The molecule has 1 amide bonds. The molecule has 19 heavy (non-hydrogen) atoms. The number of amides is 1. The molecule has 1 aliphatic heterocycles. The van der Waals surface area contributed by atoms with Gasteiger partial charge in [-0.15, -0.1) is 0 Å². The lowest BCUT2D eigenvalue weighted by Gasteiger charge is -2.34. The highest BCUT2D eigenvalue weighted by Gasteiger charge is 2.32. The highest BCUT2D eigenvalue weighted by Crippen LogP contribution is 2.27. The van der Waals surface area contributed by atoms with E-state index in [-0.39, 0.29) is 0 Å². The maximum absolute atomic E-state index is 11.6. The van der Waals surface area contributed by atoms with Crippen LogP contribution in [-0.2, 0) is 4.79 Å². The Balaban J connectivity index is 2.47. The third-order valence-corrected chi connectivity index (χ3v) is 4.09. The molecule has 0 bridgehead atoms. The minimum Gasteiger partial charge on any atom is -0.480 e. The Kier molecular flexibility index (Phi) is 3.94. The predicted molar refractivity (Wildman–Crippen MR) is 73.6 cm³/mol. The van der Waals surface area contributed by atoms with Crippen molar-refractivity contribution in [2.45, 2.75) is 13.0 Å². The van der Waals surface area contributed by atoms with Gasteiger partial charge in [-0.3, -0.25) is 4.79 Å². The number of pyridine rings is 1. The molecule has 1 atom stereocenters. The van der Waals surface area contributed by atoms with Gasteiger partial charge in [-0.1, -0.05) is 0 Å². The van der Waals surface area contributed by atoms with Crippen LogP contribution in [0.1, 0.15) is 15.9 Å². The zero-order chi connectivity index (χ0) is 14.0. The summed E-state index contributed by atoms with van der Waals surface area (Å²) >= 11 is 1.58. The lowest BCUT2D eigenvalue weighted by atomic mass is 10.1. The first-order valence-corrected chi connectivity index (χ1v) is 7.00. The maximum Gasteiger partial charge on any atom is 0.327 e. The van der Waals surface area contributed by atoms with Crippen molar-refractivity contribution in [3.05, 3.63) is 23.4 Å². The van der Waals surface area contributed by atoms with Crippen LogP contribution in [0.4, 0.5) is 5.82 Å². The number of carbonyl (C=O) groups is 2. The van der Waals surface area contributed by atoms with Gasteiger partial charge in [0, 0.05) is 24.2 Å². The first kappa shape index (κ1) is 13.7. The molecular formula is C12H15N3O3S. The summed E-state index contributed by atoms with van der Waals surface area (Å²) in [5, 5.41) is 9.27. The van der Waals surface area contributed by atoms with Gasteiger partial charge in [0.05, 0.1) is 5.56 Å². The fourth-order valence-electron chi connectivity index (χ4n) is 2.13. The molecule has 7 heteroatoms. The number of aryl methyl sites for hydroxylation is 1. The Bertz CT molecular complexity index is 521. The Hall–Kier alpha value is -1.76. The van der Waals surface area contributed by atoms with Crippen LogP contribution in [0.25, 0.3) is 0 Å². The average Bonchev–Trinajstić information content (AvgIpc) is 2.37. The van der Waals surface area contributed by atoms with Crippen molar-refractivity contribution in [1.82, 2.24) is 4.98 Å². The topological polar surface area (TPSA) is 96.5 Å². The average molecular weight is 281 g/mol. The molecule has 0 aliphatic carbocycles. The van der Waals surface area contributed by atoms with E-state index >= 15 is 0 Å². The van der Waals surface area contributed by atoms with Crippen LogP contribution in [0.15, 0.2) is 12.3 Å². The summed E-state index contributed by atoms with van der Waals surface area (Å²) in [7, 11) is 0. The molecule has 2 heterocycles. The summed E-state index contributed by atoms with van der Waals surface area (Å²) in [6, 6.07) is 1.02. The van der Waals surface area contributed by atoms with Gasteiger partial charge < -0.3 is 15.7 Å². The molecule has 6 nitrogen and oxygen atoms in total. The van der Waals surface area contributed by atoms with Crippen molar-refractivity contribution in [3.8, 4) is 0 Å². The number of aliphatic carboxylic acids is 1. The van der Waals surface area contributed by atoms with Gasteiger partial charge in [0.15, 0.2) is 0 Å². The van der Waals surface area contributed by atoms with Gasteiger partial charge in [-0.25, -0.2) is 9.78 Å². The Morgan fingerprint density at radius 1 is 1.58 bits per heavy atom. The third-order valence-electron chi connectivity index (χ3n) is 3.07. The molecule has 102 valence electrons. The number of carbonyl (C=O) groups excluding carboxylic acids is 1. The van der Waals surface area contributed by atoms with Crippen molar-refractivity contribution >= 4 is 29.5 Å². The van der Waals surface area contributed by atoms with E-state index < -0.39 is 17.9 Å². The number of primary amides is 1. The van der Waals surface area contributed by atoms with Gasteiger partial charge in [-0.2, -0.15) is 11.8 Å². The third kappa shape index (κ3) is 2.65. The number of carboxylic acids is 1. The van der Waals surface area contributed by atoms with E-state index in [4.69, 9.17) is 5.73 Å². The van der Waals surface area contributed by atoms with Crippen molar-refractivity contribution in [1.29, 1.82) is 0 Å². The maximum atomic E-state index is 11.6. The Labute approximate surface area is 115 Å². The molecule has 1 aromatic rings. The second-order valence-corrected chi connectivity index (χ2v) is 5.46. The van der Waals surface area contributed by atoms with Gasteiger partial charge >= 0.3 is 5.97 Å². The van der Waals surface area contributed by atoms with Crippen molar-refractivity contribution in [3.63, 3.8) is 0 Å². The molecule has 0 spiro atoms. The first-order valence-electron chi connectivity index (χ1n) is 5.85. The monoisotopic (exact) mass is 281 g/mol. The summed E-state index contributed by atoms with van der Waals surface area (Å²) in [5.41, 5.74) is 6.40. The number of aromatic nitrogens is 1. The second kappa shape index (κ2) is 5.48. The smallest absolute Gasteiger partial charge is 0.327 e. The number of rotatable bonds is 3. The molecule has 1 aromatic heterocycles. The van der Waals surface area contributed by atoms with E-state index in [0.29, 0.717) is 29.2 Å². The molecule has 0 radical (unpaired) electrons. The number of nitrogens with two attached hydrogens (primary N) is 1. The molecule has 2 rings (SSSR count). The van der Waals surface area contributed by atoms with Gasteiger partial charge in [0.1, 0.15) is 11.9 Å². The van der Waals surface area contributed by atoms with E-state index in [2.05, 4.69) is 4.98 Å².